The normalized spacial score (nSPS) is 12.2. The van der Waals surface area contributed by atoms with Crippen LogP contribution in [0.5, 0.6) is 0 Å². The van der Waals surface area contributed by atoms with E-state index in [-0.39, 0.29) is 18.0 Å². The summed E-state index contributed by atoms with van der Waals surface area (Å²) in [5, 5.41) is 0.861. The highest BCUT2D eigenvalue weighted by Crippen LogP contribution is 2.24. The Kier molecular flexibility index (Phi) is 5.73. The van der Waals surface area contributed by atoms with E-state index >= 15 is 0 Å². The van der Waals surface area contributed by atoms with Crippen molar-refractivity contribution in [2.24, 2.45) is 0 Å². The number of ether oxygens (including phenoxy) is 1. The number of nitrogens with one attached hydrogen (secondary N) is 1. The van der Waals surface area contributed by atoms with Crippen LogP contribution in [0.15, 0.2) is 28.9 Å². The number of hydrogen-bond donors (Lipinski definition) is 1. The fourth-order valence-electron chi connectivity index (χ4n) is 3.66. The highest BCUT2D eigenvalue weighted by molar-refractivity contribution is 6.05. The van der Waals surface area contributed by atoms with Crippen LogP contribution in [0.1, 0.15) is 64.0 Å². The van der Waals surface area contributed by atoms with Gasteiger partial charge in [0, 0.05) is 22.2 Å². The highest BCUT2D eigenvalue weighted by Gasteiger charge is 2.26. The molecule has 2 heterocycles. The van der Waals surface area contributed by atoms with Crippen LogP contribution in [-0.2, 0) is 22.4 Å². The molecule has 1 N–H and O–H groups in total. The summed E-state index contributed by atoms with van der Waals surface area (Å²) in [4.78, 5) is 39.9. The second kappa shape index (κ2) is 8.07. The number of furan rings is 1. The van der Waals surface area contributed by atoms with Crippen LogP contribution < -0.4 is 0 Å². The van der Waals surface area contributed by atoms with Crippen molar-refractivity contribution in [3.05, 3.63) is 58.1 Å². The van der Waals surface area contributed by atoms with Crippen molar-refractivity contribution in [1.29, 1.82) is 0 Å². The maximum absolute atomic E-state index is 12.7. The van der Waals surface area contributed by atoms with Gasteiger partial charge in [-0.1, -0.05) is 19.1 Å². The minimum Gasteiger partial charge on any atom is -0.464 e. The molecule has 0 aliphatic rings. The fraction of sp³-hybridized carbons (Fsp3) is 0.348. The van der Waals surface area contributed by atoms with Crippen LogP contribution >= 0.6 is 0 Å². The average molecular weight is 395 g/mol. The van der Waals surface area contributed by atoms with E-state index in [1.165, 1.54) is 13.8 Å². The average Bonchev–Trinajstić information content (AvgIpc) is 3.20. The van der Waals surface area contributed by atoms with Crippen molar-refractivity contribution in [3.8, 4) is 0 Å². The molecule has 0 saturated carbocycles. The van der Waals surface area contributed by atoms with Gasteiger partial charge in [0.2, 0.25) is 5.78 Å². The summed E-state index contributed by atoms with van der Waals surface area (Å²) in [5.41, 5.74) is 4.62. The van der Waals surface area contributed by atoms with Crippen molar-refractivity contribution in [2.45, 2.75) is 53.6 Å². The van der Waals surface area contributed by atoms with Crippen LogP contribution in [-0.4, -0.2) is 28.6 Å². The third kappa shape index (κ3) is 4.01. The van der Waals surface area contributed by atoms with Crippen LogP contribution in [0.4, 0.5) is 0 Å². The number of H-pyrrole nitrogens is 1. The zero-order chi connectivity index (χ0) is 21.3. The molecule has 0 aliphatic carbocycles. The minimum absolute atomic E-state index is 0.0114. The zero-order valence-electron chi connectivity index (χ0n) is 17.3. The van der Waals surface area contributed by atoms with Gasteiger partial charge in [0.25, 0.3) is 0 Å². The number of hydrogen-bond acceptors (Lipinski definition) is 5. The lowest BCUT2D eigenvalue weighted by Gasteiger charge is -2.12. The van der Waals surface area contributed by atoms with Gasteiger partial charge in [0.15, 0.2) is 11.9 Å². The van der Waals surface area contributed by atoms with Gasteiger partial charge >= 0.3 is 5.97 Å². The molecule has 0 saturated heterocycles. The van der Waals surface area contributed by atoms with Crippen LogP contribution in [0.25, 0.3) is 11.0 Å². The first-order valence-corrected chi connectivity index (χ1v) is 9.65. The summed E-state index contributed by atoms with van der Waals surface area (Å²) in [5.74, 6) is -0.991. The van der Waals surface area contributed by atoms with E-state index in [2.05, 4.69) is 11.9 Å². The standard InChI is InChI=1S/C23H25NO5/c1-6-16-7-8-18-17(11-28-19(18)9-16)10-20(26)29-15(5)23(27)22-12(2)21(14(4)25)13(3)24-22/h7-9,11,15,24H,6,10H2,1-5H3/t15-/m1/s1. The molecule has 6 heteroatoms. The number of carbonyl (C=O) groups is 3. The zero-order valence-corrected chi connectivity index (χ0v) is 17.3. The predicted octanol–water partition coefficient (Wildman–Crippen LogP) is 4.50. The van der Waals surface area contributed by atoms with E-state index in [1.54, 1.807) is 20.1 Å². The van der Waals surface area contributed by atoms with Crippen molar-refractivity contribution >= 4 is 28.5 Å². The largest absolute Gasteiger partial charge is 0.464 e. The summed E-state index contributed by atoms with van der Waals surface area (Å²) >= 11 is 0. The number of aryl methyl sites for hydroxylation is 2. The Morgan fingerprint density at radius 3 is 2.55 bits per heavy atom. The number of benzene rings is 1. The number of esters is 1. The number of aromatic amines is 1. The summed E-state index contributed by atoms with van der Waals surface area (Å²) in [6.07, 6.45) is 1.49. The SMILES string of the molecule is CCc1ccc2c(CC(=O)O[C@H](C)C(=O)c3[nH]c(C)c(C(C)=O)c3C)coc2c1. The molecular weight excluding hydrogens is 370 g/mol. The van der Waals surface area contributed by atoms with Gasteiger partial charge in [0.05, 0.1) is 18.4 Å². The highest BCUT2D eigenvalue weighted by atomic mass is 16.5. The topological polar surface area (TPSA) is 89.4 Å². The molecule has 0 aliphatic heterocycles. The summed E-state index contributed by atoms with van der Waals surface area (Å²) < 4.78 is 10.9. The molecule has 3 aromatic rings. The summed E-state index contributed by atoms with van der Waals surface area (Å²) in [6, 6.07) is 5.89. The van der Waals surface area contributed by atoms with Gasteiger partial charge in [-0.3, -0.25) is 14.4 Å². The number of carbonyl (C=O) groups excluding carboxylic acids is 3. The molecule has 0 spiro atoms. The van der Waals surface area contributed by atoms with Crippen LogP contribution in [0, 0.1) is 13.8 Å². The molecule has 0 fully saturated rings. The third-order valence-electron chi connectivity index (χ3n) is 5.18. The third-order valence-corrected chi connectivity index (χ3v) is 5.18. The second-order valence-electron chi connectivity index (χ2n) is 7.30. The van der Waals surface area contributed by atoms with Crippen molar-refractivity contribution in [3.63, 3.8) is 0 Å². The lowest BCUT2D eigenvalue weighted by molar-refractivity contribution is -0.145. The number of Topliss-reactive ketones (excluding diaryl/α,β-unsaturated/α-hetero) is 2. The van der Waals surface area contributed by atoms with Gasteiger partial charge in [-0.25, -0.2) is 0 Å². The Balaban J connectivity index is 1.72. The first-order valence-electron chi connectivity index (χ1n) is 9.65. The van der Waals surface area contributed by atoms with Crippen LogP contribution in [0.2, 0.25) is 0 Å². The maximum atomic E-state index is 12.7. The number of rotatable bonds is 7. The Hall–Kier alpha value is -3.15. The Morgan fingerprint density at radius 1 is 1.21 bits per heavy atom. The van der Waals surface area contributed by atoms with Crippen LogP contribution in [0.3, 0.4) is 0 Å². The van der Waals surface area contributed by atoms with Gasteiger partial charge in [-0.15, -0.1) is 0 Å². The fourth-order valence-corrected chi connectivity index (χ4v) is 3.66. The van der Waals surface area contributed by atoms with Crippen molar-refractivity contribution in [1.82, 2.24) is 4.98 Å². The molecular formula is C23H25NO5. The monoisotopic (exact) mass is 395 g/mol. The lowest BCUT2D eigenvalue weighted by Crippen LogP contribution is -2.26. The second-order valence-corrected chi connectivity index (χ2v) is 7.30. The van der Waals surface area contributed by atoms with E-state index in [1.807, 2.05) is 18.2 Å². The van der Waals surface area contributed by atoms with E-state index < -0.39 is 12.1 Å². The van der Waals surface area contributed by atoms with Crippen molar-refractivity contribution < 1.29 is 23.5 Å². The molecule has 29 heavy (non-hydrogen) atoms. The molecule has 0 radical (unpaired) electrons. The molecule has 1 atom stereocenters. The van der Waals surface area contributed by atoms with Gasteiger partial charge in [0.1, 0.15) is 5.58 Å². The Labute approximate surface area is 169 Å². The van der Waals surface area contributed by atoms with E-state index in [4.69, 9.17) is 9.15 Å². The molecule has 0 unspecified atom stereocenters. The molecule has 2 aromatic heterocycles. The molecule has 3 rings (SSSR count). The molecule has 152 valence electrons. The summed E-state index contributed by atoms with van der Waals surface area (Å²) in [7, 11) is 0. The quantitative estimate of drug-likeness (QED) is 0.470. The first-order chi connectivity index (χ1) is 13.7. The summed E-state index contributed by atoms with van der Waals surface area (Å²) in [6.45, 7) is 8.51. The molecule has 0 amide bonds. The van der Waals surface area contributed by atoms with Gasteiger partial charge in [-0.2, -0.15) is 0 Å². The Bertz CT molecular complexity index is 1100. The lowest BCUT2D eigenvalue weighted by atomic mass is 10.0. The van der Waals surface area contributed by atoms with Gasteiger partial charge < -0.3 is 14.1 Å². The van der Waals surface area contributed by atoms with E-state index in [0.29, 0.717) is 22.5 Å². The molecule has 0 bridgehead atoms. The number of aromatic nitrogens is 1. The smallest absolute Gasteiger partial charge is 0.311 e. The molecule has 1 aromatic carbocycles. The Morgan fingerprint density at radius 2 is 1.93 bits per heavy atom. The van der Waals surface area contributed by atoms with Gasteiger partial charge in [-0.05, 0) is 51.3 Å². The predicted molar refractivity (Wildman–Crippen MR) is 109 cm³/mol. The number of ketones is 2. The molecule has 6 nitrogen and oxygen atoms in total. The first kappa shape index (κ1) is 20.6. The van der Waals surface area contributed by atoms with Crippen molar-refractivity contribution in [2.75, 3.05) is 0 Å². The van der Waals surface area contributed by atoms with E-state index in [9.17, 15) is 14.4 Å². The maximum Gasteiger partial charge on any atom is 0.311 e. The minimum atomic E-state index is -0.969. The van der Waals surface area contributed by atoms with E-state index in [0.717, 1.165) is 28.5 Å². The number of fused-ring (bicyclic) bond motifs is 1.